The van der Waals surface area contributed by atoms with Crippen molar-refractivity contribution in [2.24, 2.45) is 11.7 Å². The van der Waals surface area contributed by atoms with E-state index < -0.39 is 6.04 Å². The van der Waals surface area contributed by atoms with Crippen LogP contribution in [0.5, 0.6) is 0 Å². The lowest BCUT2D eigenvalue weighted by Gasteiger charge is -2.22. The van der Waals surface area contributed by atoms with Gasteiger partial charge in [-0.15, -0.1) is 11.3 Å². The number of amides is 1. The number of rotatable bonds is 7. The minimum absolute atomic E-state index is 0.0945. The minimum atomic E-state index is -0.569. The third-order valence-corrected chi connectivity index (χ3v) is 4.35. The maximum Gasteiger partial charge on any atom is 0.307 e. The molecule has 0 aliphatic heterocycles. The van der Waals surface area contributed by atoms with Crippen LogP contribution in [0.25, 0.3) is 0 Å². The van der Waals surface area contributed by atoms with Crippen LogP contribution in [-0.2, 0) is 14.3 Å². The van der Waals surface area contributed by atoms with E-state index in [0.29, 0.717) is 0 Å². The van der Waals surface area contributed by atoms with E-state index in [4.69, 9.17) is 5.73 Å². The fourth-order valence-electron chi connectivity index (χ4n) is 1.74. The summed E-state index contributed by atoms with van der Waals surface area (Å²) in [5, 5.41) is 4.75. The topological polar surface area (TPSA) is 81.4 Å². The van der Waals surface area contributed by atoms with Crippen LogP contribution in [0.4, 0.5) is 0 Å². The SMILES string of the molecule is CCC(C)[C@H](N)C(=O)NC(CC(=O)OC)c1cccs1. The molecule has 0 aliphatic carbocycles. The standard InChI is InChI=1S/C14H22N2O3S/c1-4-9(2)13(15)14(18)16-10(8-12(17)19-3)11-6-5-7-20-11/h5-7,9-10,13H,4,8,15H2,1-3H3,(H,16,18)/t9?,10?,13-/m0/s1. The van der Waals surface area contributed by atoms with Crippen molar-refractivity contribution in [1.29, 1.82) is 0 Å². The predicted octanol–water partition coefficient (Wildman–Crippen LogP) is 1.84. The summed E-state index contributed by atoms with van der Waals surface area (Å²) in [5.74, 6) is -0.500. The lowest BCUT2D eigenvalue weighted by molar-refractivity contribution is -0.141. The summed E-state index contributed by atoms with van der Waals surface area (Å²) in [6.45, 7) is 3.92. The zero-order valence-corrected chi connectivity index (χ0v) is 12.9. The van der Waals surface area contributed by atoms with E-state index in [2.05, 4.69) is 10.1 Å². The largest absolute Gasteiger partial charge is 0.469 e. The third-order valence-electron chi connectivity index (χ3n) is 3.36. The first-order valence-corrected chi connectivity index (χ1v) is 7.53. The maximum atomic E-state index is 12.1. The Morgan fingerprint density at radius 2 is 2.20 bits per heavy atom. The molecule has 112 valence electrons. The van der Waals surface area contributed by atoms with Gasteiger partial charge in [0.2, 0.25) is 5.91 Å². The molecule has 20 heavy (non-hydrogen) atoms. The zero-order valence-electron chi connectivity index (χ0n) is 12.1. The lowest BCUT2D eigenvalue weighted by Crippen LogP contribution is -2.46. The van der Waals surface area contributed by atoms with Crippen molar-refractivity contribution < 1.29 is 14.3 Å². The molecule has 3 N–H and O–H groups in total. The van der Waals surface area contributed by atoms with Crippen molar-refractivity contribution >= 4 is 23.2 Å². The zero-order chi connectivity index (χ0) is 15.1. The van der Waals surface area contributed by atoms with Crippen LogP contribution in [0.2, 0.25) is 0 Å². The first-order valence-electron chi connectivity index (χ1n) is 6.65. The highest BCUT2D eigenvalue weighted by Crippen LogP contribution is 2.23. The second-order valence-corrected chi connectivity index (χ2v) is 5.75. The molecular weight excluding hydrogens is 276 g/mol. The number of nitrogens with one attached hydrogen (secondary N) is 1. The minimum Gasteiger partial charge on any atom is -0.469 e. The molecule has 0 saturated heterocycles. The fraction of sp³-hybridized carbons (Fsp3) is 0.571. The Balaban J connectivity index is 2.75. The molecule has 0 saturated carbocycles. The van der Waals surface area contributed by atoms with E-state index in [-0.39, 0.29) is 30.3 Å². The molecule has 0 spiro atoms. The van der Waals surface area contributed by atoms with Gasteiger partial charge in [0.1, 0.15) is 0 Å². The molecule has 0 radical (unpaired) electrons. The highest BCUT2D eigenvalue weighted by Gasteiger charge is 2.25. The van der Waals surface area contributed by atoms with Gasteiger partial charge in [0.25, 0.3) is 0 Å². The predicted molar refractivity (Wildman–Crippen MR) is 79.3 cm³/mol. The molecule has 0 aromatic carbocycles. The molecule has 0 bridgehead atoms. The number of hydrogen-bond donors (Lipinski definition) is 2. The van der Waals surface area contributed by atoms with Crippen molar-refractivity contribution in [3.8, 4) is 0 Å². The van der Waals surface area contributed by atoms with Gasteiger partial charge in [-0.05, 0) is 17.4 Å². The number of thiophene rings is 1. The summed E-state index contributed by atoms with van der Waals surface area (Å²) in [5.41, 5.74) is 5.91. The molecule has 6 heteroatoms. The van der Waals surface area contributed by atoms with Gasteiger partial charge in [0.15, 0.2) is 0 Å². The average molecular weight is 298 g/mol. The third kappa shape index (κ3) is 4.61. The summed E-state index contributed by atoms with van der Waals surface area (Å²) in [4.78, 5) is 24.5. The Kier molecular flexibility index (Phi) is 6.67. The Morgan fingerprint density at radius 3 is 2.70 bits per heavy atom. The van der Waals surface area contributed by atoms with E-state index in [1.165, 1.54) is 18.4 Å². The van der Waals surface area contributed by atoms with E-state index >= 15 is 0 Å². The molecule has 1 amide bonds. The van der Waals surface area contributed by atoms with Gasteiger partial charge in [-0.2, -0.15) is 0 Å². The second kappa shape index (κ2) is 8.01. The van der Waals surface area contributed by atoms with Gasteiger partial charge in [-0.1, -0.05) is 26.3 Å². The summed E-state index contributed by atoms with van der Waals surface area (Å²) >= 11 is 1.49. The summed E-state index contributed by atoms with van der Waals surface area (Å²) < 4.78 is 4.67. The van der Waals surface area contributed by atoms with E-state index in [9.17, 15) is 9.59 Å². The lowest BCUT2D eigenvalue weighted by atomic mass is 9.99. The highest BCUT2D eigenvalue weighted by atomic mass is 32.1. The number of nitrogens with two attached hydrogens (primary N) is 1. The van der Waals surface area contributed by atoms with E-state index in [0.717, 1.165) is 11.3 Å². The van der Waals surface area contributed by atoms with Gasteiger partial charge < -0.3 is 15.8 Å². The molecule has 1 aromatic heterocycles. The van der Waals surface area contributed by atoms with E-state index in [1.807, 2.05) is 31.4 Å². The van der Waals surface area contributed by atoms with Crippen LogP contribution in [0.1, 0.15) is 37.6 Å². The first kappa shape index (κ1) is 16.7. The Morgan fingerprint density at radius 1 is 1.50 bits per heavy atom. The van der Waals surface area contributed by atoms with Gasteiger partial charge in [0, 0.05) is 4.88 Å². The van der Waals surface area contributed by atoms with Crippen LogP contribution in [0, 0.1) is 5.92 Å². The van der Waals surface area contributed by atoms with Crippen molar-refractivity contribution in [3.05, 3.63) is 22.4 Å². The smallest absolute Gasteiger partial charge is 0.307 e. The maximum absolute atomic E-state index is 12.1. The van der Waals surface area contributed by atoms with Gasteiger partial charge in [-0.3, -0.25) is 9.59 Å². The Bertz CT molecular complexity index is 434. The van der Waals surface area contributed by atoms with Gasteiger partial charge >= 0.3 is 5.97 Å². The van der Waals surface area contributed by atoms with Crippen LogP contribution in [-0.4, -0.2) is 25.0 Å². The Hall–Kier alpha value is -1.40. The van der Waals surface area contributed by atoms with Crippen LogP contribution < -0.4 is 11.1 Å². The molecule has 3 atom stereocenters. The molecule has 1 aromatic rings. The second-order valence-electron chi connectivity index (χ2n) is 4.77. The summed E-state index contributed by atoms with van der Waals surface area (Å²) in [6, 6.07) is 2.81. The average Bonchev–Trinajstić information content (AvgIpc) is 2.98. The van der Waals surface area contributed by atoms with Crippen LogP contribution >= 0.6 is 11.3 Å². The number of ether oxygens (including phenoxy) is 1. The summed E-state index contributed by atoms with van der Waals surface area (Å²) in [6.07, 6.45) is 0.936. The van der Waals surface area contributed by atoms with Gasteiger partial charge in [0.05, 0.1) is 25.6 Å². The normalized spacial score (nSPS) is 15.2. The molecular formula is C14H22N2O3S. The molecule has 1 rings (SSSR count). The number of esters is 1. The van der Waals surface area contributed by atoms with Crippen molar-refractivity contribution in [2.45, 2.75) is 38.8 Å². The molecule has 0 fully saturated rings. The highest BCUT2D eigenvalue weighted by molar-refractivity contribution is 7.10. The van der Waals surface area contributed by atoms with Gasteiger partial charge in [-0.25, -0.2) is 0 Å². The number of carbonyl (C=O) groups excluding carboxylic acids is 2. The molecule has 0 aliphatic rings. The number of hydrogen-bond acceptors (Lipinski definition) is 5. The molecule has 2 unspecified atom stereocenters. The van der Waals surface area contributed by atoms with Crippen molar-refractivity contribution in [3.63, 3.8) is 0 Å². The van der Waals surface area contributed by atoms with Crippen LogP contribution in [0.15, 0.2) is 17.5 Å². The van der Waals surface area contributed by atoms with E-state index in [1.54, 1.807) is 0 Å². The van der Waals surface area contributed by atoms with Crippen molar-refractivity contribution in [1.82, 2.24) is 5.32 Å². The fourth-order valence-corrected chi connectivity index (χ4v) is 2.52. The van der Waals surface area contributed by atoms with Crippen LogP contribution in [0.3, 0.4) is 0 Å². The number of methoxy groups -OCH3 is 1. The quantitative estimate of drug-likeness (QED) is 0.753. The van der Waals surface area contributed by atoms with Crippen molar-refractivity contribution in [2.75, 3.05) is 7.11 Å². The summed E-state index contributed by atoms with van der Waals surface area (Å²) in [7, 11) is 1.33. The first-order chi connectivity index (χ1) is 9.49. The number of carbonyl (C=O) groups is 2. The molecule has 5 nitrogen and oxygen atoms in total. The Labute approximate surface area is 123 Å². The molecule has 1 heterocycles. The monoisotopic (exact) mass is 298 g/mol.